The van der Waals surface area contributed by atoms with Gasteiger partial charge in [-0.25, -0.2) is 0 Å². The molecule has 5 rings (SSSR count). The van der Waals surface area contributed by atoms with Crippen LogP contribution in [0.5, 0.6) is 11.5 Å². The molecule has 6 nitrogen and oxygen atoms in total. The van der Waals surface area contributed by atoms with Crippen molar-refractivity contribution in [2.24, 2.45) is 0 Å². The summed E-state index contributed by atoms with van der Waals surface area (Å²) in [5.41, 5.74) is 4.35. The predicted molar refractivity (Wildman–Crippen MR) is 185 cm³/mol. The minimum Gasteiger partial charge on any atom is -0.481 e. The Kier molecular flexibility index (Phi) is 10.4. The first-order valence-corrected chi connectivity index (χ1v) is 15.8. The number of carbonyl (C=O) groups excluding carboxylic acids is 1. The minimum atomic E-state index is -4.55. The quantitative estimate of drug-likeness (QED) is 0.131. The normalized spacial score (nSPS) is 12.2. The van der Waals surface area contributed by atoms with Crippen molar-refractivity contribution in [1.82, 2.24) is 5.32 Å². The van der Waals surface area contributed by atoms with Gasteiger partial charge in [0.15, 0.2) is 0 Å². The molecule has 0 saturated carbocycles. The van der Waals surface area contributed by atoms with E-state index in [9.17, 15) is 27.9 Å². The zero-order chi connectivity index (χ0) is 35.2. The number of aliphatic carboxylic acids is 1. The number of hydrogen-bond acceptors (Lipinski definition) is 4. The van der Waals surface area contributed by atoms with Crippen LogP contribution in [0.15, 0.2) is 121 Å². The summed E-state index contributed by atoms with van der Waals surface area (Å²) in [5, 5.41) is 15.9. The maximum atomic E-state index is 13.9. The molecule has 5 aromatic rings. The molecule has 0 heterocycles. The summed E-state index contributed by atoms with van der Waals surface area (Å²) in [4.78, 5) is 25.8. The van der Waals surface area contributed by atoms with Gasteiger partial charge in [-0.1, -0.05) is 106 Å². The third kappa shape index (κ3) is 9.28. The Morgan fingerprint density at radius 2 is 1.39 bits per heavy atom. The topological polar surface area (TPSA) is 87.7 Å². The van der Waals surface area contributed by atoms with Crippen molar-refractivity contribution in [2.75, 3.05) is 5.32 Å². The molecule has 3 N–H and O–H groups in total. The Balaban J connectivity index is 1.43. The lowest BCUT2D eigenvalue weighted by atomic mass is 9.87. The van der Waals surface area contributed by atoms with Crippen LogP contribution < -0.4 is 15.4 Å². The highest BCUT2D eigenvalue weighted by Gasteiger charge is 2.30. The van der Waals surface area contributed by atoms with Crippen molar-refractivity contribution in [3.63, 3.8) is 0 Å². The molecule has 0 bridgehead atoms. The van der Waals surface area contributed by atoms with Gasteiger partial charge in [-0.2, -0.15) is 13.2 Å². The van der Waals surface area contributed by atoms with Gasteiger partial charge in [0.2, 0.25) is 0 Å². The molecule has 0 spiro atoms. The predicted octanol–water partition coefficient (Wildman–Crippen LogP) is 10.0. The first kappa shape index (κ1) is 34.8. The molecule has 0 saturated heterocycles. The SMILES string of the molecule is CC(C)(C)c1ccc(CNc2ccc(Oc3cccc(C(F)(F)F)c3)cc2C(=O)NC(CC(=O)O)c2ccc(-c3ccccc3)cc2)cc1. The van der Waals surface area contributed by atoms with Crippen molar-refractivity contribution in [3.05, 3.63) is 149 Å². The molecule has 1 atom stereocenters. The molecular weight excluding hydrogens is 629 g/mol. The van der Waals surface area contributed by atoms with Crippen molar-refractivity contribution < 1.29 is 32.6 Å². The van der Waals surface area contributed by atoms with Gasteiger partial charge in [-0.3, -0.25) is 9.59 Å². The number of carboxylic acids is 1. The molecule has 0 aliphatic heterocycles. The van der Waals surface area contributed by atoms with Gasteiger partial charge in [0.05, 0.1) is 23.6 Å². The minimum absolute atomic E-state index is 0.0129. The van der Waals surface area contributed by atoms with E-state index in [-0.39, 0.29) is 28.9 Å². The van der Waals surface area contributed by atoms with Crippen LogP contribution >= 0.6 is 0 Å². The van der Waals surface area contributed by atoms with Crippen LogP contribution in [0, 0.1) is 0 Å². The standard InChI is InChI=1S/C40H37F3N2O4/c1-39(2,3)30-18-12-26(13-19-30)25-44-35-21-20-33(49-32-11-7-10-31(22-32)40(41,42)43)23-34(35)38(48)45-36(24-37(46)47)29-16-14-28(15-17-29)27-8-5-4-6-9-27/h4-23,36,44H,24-25H2,1-3H3,(H,45,48)(H,46,47). The second-order valence-corrected chi connectivity index (χ2v) is 12.7. The fourth-order valence-electron chi connectivity index (χ4n) is 5.32. The lowest BCUT2D eigenvalue weighted by molar-refractivity contribution is -0.138. The smallest absolute Gasteiger partial charge is 0.416 e. The molecule has 0 aliphatic carbocycles. The summed E-state index contributed by atoms with van der Waals surface area (Å²) in [5.74, 6) is -1.61. The van der Waals surface area contributed by atoms with Crippen LogP contribution in [0.4, 0.5) is 18.9 Å². The summed E-state index contributed by atoms with van der Waals surface area (Å²) in [6.07, 6.45) is -4.93. The number of amides is 1. The number of carbonyl (C=O) groups is 2. The van der Waals surface area contributed by atoms with E-state index < -0.39 is 29.7 Å². The van der Waals surface area contributed by atoms with Gasteiger partial charge in [0, 0.05) is 12.2 Å². The monoisotopic (exact) mass is 666 g/mol. The number of carboxylic acid groups (broad SMARTS) is 1. The molecule has 0 fully saturated rings. The highest BCUT2D eigenvalue weighted by Crippen LogP contribution is 2.34. The maximum Gasteiger partial charge on any atom is 0.416 e. The van der Waals surface area contributed by atoms with Crippen LogP contribution in [0.1, 0.15) is 65.8 Å². The zero-order valence-electron chi connectivity index (χ0n) is 27.3. The van der Waals surface area contributed by atoms with Crippen molar-refractivity contribution in [3.8, 4) is 22.6 Å². The van der Waals surface area contributed by atoms with E-state index in [0.29, 0.717) is 17.8 Å². The van der Waals surface area contributed by atoms with Crippen LogP contribution in [0.25, 0.3) is 11.1 Å². The van der Waals surface area contributed by atoms with Gasteiger partial charge >= 0.3 is 12.1 Å². The first-order chi connectivity index (χ1) is 23.3. The lowest BCUT2D eigenvalue weighted by Crippen LogP contribution is -2.30. The largest absolute Gasteiger partial charge is 0.481 e. The molecule has 9 heteroatoms. The van der Waals surface area contributed by atoms with Crippen LogP contribution in [-0.4, -0.2) is 17.0 Å². The highest BCUT2D eigenvalue weighted by molar-refractivity contribution is 6.00. The average molecular weight is 667 g/mol. The van der Waals surface area contributed by atoms with Crippen molar-refractivity contribution >= 4 is 17.6 Å². The Labute approximate surface area is 283 Å². The lowest BCUT2D eigenvalue weighted by Gasteiger charge is -2.21. The molecule has 0 radical (unpaired) electrons. The number of halogens is 3. The highest BCUT2D eigenvalue weighted by atomic mass is 19.4. The Morgan fingerprint density at radius 3 is 2.02 bits per heavy atom. The summed E-state index contributed by atoms with van der Waals surface area (Å²) in [7, 11) is 0. The van der Waals surface area contributed by atoms with Crippen LogP contribution in [-0.2, 0) is 22.9 Å². The van der Waals surface area contributed by atoms with E-state index >= 15 is 0 Å². The van der Waals surface area contributed by atoms with Gasteiger partial charge in [-0.05, 0) is 69.6 Å². The molecule has 5 aromatic carbocycles. The molecule has 1 amide bonds. The summed E-state index contributed by atoms with van der Waals surface area (Å²) < 4.78 is 45.8. The number of rotatable bonds is 11. The average Bonchev–Trinajstić information content (AvgIpc) is 3.07. The van der Waals surface area contributed by atoms with Gasteiger partial charge in [-0.15, -0.1) is 0 Å². The van der Waals surface area contributed by atoms with E-state index in [1.54, 1.807) is 24.3 Å². The Hall–Kier alpha value is -5.57. The van der Waals surface area contributed by atoms with Crippen molar-refractivity contribution in [1.29, 1.82) is 0 Å². The molecule has 49 heavy (non-hydrogen) atoms. The van der Waals surface area contributed by atoms with E-state index in [0.717, 1.165) is 28.8 Å². The number of anilines is 1. The second-order valence-electron chi connectivity index (χ2n) is 12.7. The van der Waals surface area contributed by atoms with Gasteiger partial charge in [0.1, 0.15) is 11.5 Å². The van der Waals surface area contributed by atoms with E-state index in [4.69, 9.17) is 4.74 Å². The van der Waals surface area contributed by atoms with E-state index in [1.165, 1.54) is 23.8 Å². The first-order valence-electron chi connectivity index (χ1n) is 15.8. The zero-order valence-corrected chi connectivity index (χ0v) is 27.3. The van der Waals surface area contributed by atoms with Gasteiger partial charge < -0.3 is 20.5 Å². The summed E-state index contributed by atoms with van der Waals surface area (Å²) >= 11 is 0. The molecule has 0 aromatic heterocycles. The molecule has 252 valence electrons. The number of benzene rings is 5. The van der Waals surface area contributed by atoms with E-state index in [1.807, 2.05) is 54.6 Å². The summed E-state index contributed by atoms with van der Waals surface area (Å²) in [6.45, 7) is 6.76. The van der Waals surface area contributed by atoms with Crippen LogP contribution in [0.3, 0.4) is 0 Å². The van der Waals surface area contributed by atoms with Gasteiger partial charge in [0.25, 0.3) is 5.91 Å². The molecule has 1 unspecified atom stereocenters. The fraction of sp³-hybridized carbons (Fsp3) is 0.200. The Morgan fingerprint density at radius 1 is 0.735 bits per heavy atom. The van der Waals surface area contributed by atoms with Crippen LogP contribution in [0.2, 0.25) is 0 Å². The maximum absolute atomic E-state index is 13.9. The van der Waals surface area contributed by atoms with E-state index in [2.05, 4.69) is 43.5 Å². The number of nitrogens with one attached hydrogen (secondary N) is 2. The summed E-state index contributed by atoms with van der Waals surface area (Å²) in [6, 6.07) is 33.3. The number of hydrogen-bond donors (Lipinski definition) is 3. The fourth-order valence-corrected chi connectivity index (χ4v) is 5.32. The number of ether oxygens (including phenoxy) is 1. The second kappa shape index (κ2) is 14.7. The third-order valence-electron chi connectivity index (χ3n) is 8.04. The molecule has 0 aliphatic rings. The number of alkyl halides is 3. The Bertz CT molecular complexity index is 1900. The third-order valence-corrected chi connectivity index (χ3v) is 8.04. The molecular formula is C40H37F3N2O4. The van der Waals surface area contributed by atoms with Crippen molar-refractivity contribution in [2.45, 2.75) is 51.4 Å².